The molecule has 0 bridgehead atoms. The van der Waals surface area contributed by atoms with Crippen LogP contribution in [-0.2, 0) is 14.8 Å². The molecule has 1 saturated heterocycles. The summed E-state index contributed by atoms with van der Waals surface area (Å²) < 4.78 is 28.6. The summed E-state index contributed by atoms with van der Waals surface area (Å²) in [5.74, 6) is -0.656. The highest BCUT2D eigenvalue weighted by molar-refractivity contribution is 7.92. The van der Waals surface area contributed by atoms with Gasteiger partial charge >= 0.3 is 0 Å². The fraction of sp³-hybridized carbons (Fsp3) is 0.333. The van der Waals surface area contributed by atoms with Gasteiger partial charge in [-0.25, -0.2) is 8.42 Å². The minimum atomic E-state index is -4.04. The molecule has 38 heavy (non-hydrogen) atoms. The lowest BCUT2D eigenvalue weighted by atomic mass is 10.1. The fourth-order valence-electron chi connectivity index (χ4n) is 4.58. The van der Waals surface area contributed by atoms with Crippen LogP contribution in [0.5, 0.6) is 0 Å². The Labute approximate surface area is 225 Å². The highest BCUT2D eigenvalue weighted by Gasteiger charge is 2.28. The molecular formula is C30H35N3O4S. The summed E-state index contributed by atoms with van der Waals surface area (Å²) in [5, 5.41) is 2.81. The molecule has 1 heterocycles. The molecule has 0 unspecified atom stereocenters. The Morgan fingerprint density at radius 2 is 1.50 bits per heavy atom. The van der Waals surface area contributed by atoms with Crippen molar-refractivity contribution in [2.75, 3.05) is 29.3 Å². The number of likely N-dealkylation sites (tertiary alicyclic amines) is 1. The first-order chi connectivity index (χ1) is 18.2. The number of hydrogen-bond donors (Lipinski definition) is 1. The van der Waals surface area contributed by atoms with Gasteiger partial charge in [0.2, 0.25) is 5.91 Å². The first-order valence-corrected chi connectivity index (χ1v) is 14.5. The van der Waals surface area contributed by atoms with Crippen molar-refractivity contribution in [1.29, 1.82) is 0 Å². The van der Waals surface area contributed by atoms with Gasteiger partial charge in [-0.3, -0.25) is 13.9 Å². The number of hydrogen-bond acceptors (Lipinski definition) is 4. The smallest absolute Gasteiger partial charge is 0.264 e. The summed E-state index contributed by atoms with van der Waals surface area (Å²) in [6.45, 7) is 6.68. The molecule has 4 rings (SSSR count). The monoisotopic (exact) mass is 533 g/mol. The largest absolute Gasteiger partial charge is 0.339 e. The Balaban J connectivity index is 1.63. The highest BCUT2D eigenvalue weighted by atomic mass is 32.2. The molecule has 0 aromatic heterocycles. The molecule has 0 aliphatic carbocycles. The summed E-state index contributed by atoms with van der Waals surface area (Å²) in [5.41, 5.74) is 4.05. The molecule has 2 amide bonds. The summed E-state index contributed by atoms with van der Waals surface area (Å²) in [4.78, 5) is 28.6. The minimum absolute atomic E-state index is 0.103. The Hall–Kier alpha value is -3.65. The van der Waals surface area contributed by atoms with Crippen molar-refractivity contribution in [2.24, 2.45) is 0 Å². The van der Waals surface area contributed by atoms with E-state index in [0.29, 0.717) is 30.0 Å². The molecule has 200 valence electrons. The number of amides is 2. The number of rotatable bonds is 7. The second kappa shape index (κ2) is 11.8. The lowest BCUT2D eigenvalue weighted by Crippen LogP contribution is -2.38. The Morgan fingerprint density at radius 3 is 2.16 bits per heavy atom. The minimum Gasteiger partial charge on any atom is -0.339 e. The number of aryl methyl sites for hydroxylation is 3. The molecule has 1 fully saturated rings. The second-order valence-corrected chi connectivity index (χ2v) is 11.8. The molecule has 1 N–H and O–H groups in total. The SMILES string of the molecule is Cc1ccc(S(=O)(=O)N(CC(=O)Nc2ccccc2C(=O)N2CCCCCC2)c2ccc(C)c(C)c2)cc1. The zero-order valence-electron chi connectivity index (χ0n) is 22.2. The second-order valence-electron chi connectivity index (χ2n) is 9.89. The maximum atomic E-state index is 13.7. The van der Waals surface area contributed by atoms with E-state index in [9.17, 15) is 18.0 Å². The first kappa shape index (κ1) is 27.4. The molecular weight excluding hydrogens is 498 g/mol. The zero-order valence-corrected chi connectivity index (χ0v) is 23.1. The average molecular weight is 534 g/mol. The van der Waals surface area contributed by atoms with Crippen molar-refractivity contribution in [3.05, 3.63) is 89.0 Å². The van der Waals surface area contributed by atoms with E-state index in [1.807, 2.05) is 31.7 Å². The van der Waals surface area contributed by atoms with E-state index < -0.39 is 22.5 Å². The number of carbonyl (C=O) groups is 2. The molecule has 3 aromatic rings. The van der Waals surface area contributed by atoms with Crippen molar-refractivity contribution in [3.63, 3.8) is 0 Å². The van der Waals surface area contributed by atoms with Gasteiger partial charge < -0.3 is 10.2 Å². The van der Waals surface area contributed by atoms with E-state index in [1.54, 1.807) is 60.7 Å². The van der Waals surface area contributed by atoms with Gasteiger partial charge in [0, 0.05) is 13.1 Å². The van der Waals surface area contributed by atoms with Crippen molar-refractivity contribution < 1.29 is 18.0 Å². The third kappa shape index (κ3) is 6.25. The fourth-order valence-corrected chi connectivity index (χ4v) is 5.99. The van der Waals surface area contributed by atoms with Crippen LogP contribution in [0.4, 0.5) is 11.4 Å². The Bertz CT molecular complexity index is 1410. The number of anilines is 2. The van der Waals surface area contributed by atoms with Crippen LogP contribution in [0.3, 0.4) is 0 Å². The Kier molecular flexibility index (Phi) is 8.52. The van der Waals surface area contributed by atoms with Gasteiger partial charge in [-0.2, -0.15) is 0 Å². The van der Waals surface area contributed by atoms with Crippen LogP contribution in [-0.4, -0.2) is 44.8 Å². The molecule has 1 aliphatic rings. The lowest BCUT2D eigenvalue weighted by molar-refractivity contribution is -0.114. The first-order valence-electron chi connectivity index (χ1n) is 13.0. The number of benzene rings is 3. The topological polar surface area (TPSA) is 86.8 Å². The number of sulfonamides is 1. The number of carbonyl (C=O) groups excluding carboxylic acids is 2. The van der Waals surface area contributed by atoms with Crippen molar-refractivity contribution in [3.8, 4) is 0 Å². The molecule has 0 saturated carbocycles. The summed E-state index contributed by atoms with van der Waals surface area (Å²) >= 11 is 0. The van der Waals surface area contributed by atoms with Gasteiger partial charge in [0.25, 0.3) is 15.9 Å². The molecule has 3 aromatic carbocycles. The van der Waals surface area contributed by atoms with Gasteiger partial charge in [-0.1, -0.05) is 48.7 Å². The third-order valence-electron chi connectivity index (χ3n) is 7.00. The third-order valence-corrected chi connectivity index (χ3v) is 8.79. The van der Waals surface area contributed by atoms with E-state index in [2.05, 4.69) is 5.32 Å². The normalized spacial score (nSPS) is 14.0. The highest BCUT2D eigenvalue weighted by Crippen LogP contribution is 2.27. The van der Waals surface area contributed by atoms with Gasteiger partial charge in [-0.15, -0.1) is 0 Å². The van der Waals surface area contributed by atoms with Gasteiger partial charge in [0.05, 0.1) is 21.8 Å². The number of nitrogens with one attached hydrogen (secondary N) is 1. The molecule has 0 radical (unpaired) electrons. The van der Waals surface area contributed by atoms with Crippen LogP contribution >= 0.6 is 0 Å². The average Bonchev–Trinajstić information content (AvgIpc) is 3.19. The number of para-hydroxylation sites is 1. The maximum absolute atomic E-state index is 13.7. The van der Waals surface area contributed by atoms with Crippen LogP contribution in [0.1, 0.15) is 52.7 Å². The van der Waals surface area contributed by atoms with E-state index >= 15 is 0 Å². The van der Waals surface area contributed by atoms with Crippen LogP contribution in [0.25, 0.3) is 0 Å². The van der Waals surface area contributed by atoms with Gasteiger partial charge in [0.15, 0.2) is 0 Å². The summed E-state index contributed by atoms with van der Waals surface area (Å²) in [6.07, 6.45) is 4.13. The van der Waals surface area contributed by atoms with E-state index in [4.69, 9.17) is 0 Å². The van der Waals surface area contributed by atoms with Crippen LogP contribution < -0.4 is 9.62 Å². The molecule has 7 nitrogen and oxygen atoms in total. The Morgan fingerprint density at radius 1 is 0.842 bits per heavy atom. The quantitative estimate of drug-likeness (QED) is 0.437. The van der Waals surface area contributed by atoms with Crippen LogP contribution in [0.15, 0.2) is 71.6 Å². The van der Waals surface area contributed by atoms with Crippen molar-refractivity contribution in [2.45, 2.75) is 51.3 Å². The number of nitrogens with zero attached hydrogens (tertiary/aromatic N) is 2. The predicted octanol–water partition coefficient (Wildman–Crippen LogP) is 5.46. The van der Waals surface area contributed by atoms with E-state index in [0.717, 1.165) is 46.7 Å². The van der Waals surface area contributed by atoms with Gasteiger partial charge in [0.1, 0.15) is 6.54 Å². The van der Waals surface area contributed by atoms with Crippen LogP contribution in [0.2, 0.25) is 0 Å². The summed E-state index contributed by atoms with van der Waals surface area (Å²) in [6, 6.07) is 18.8. The molecule has 1 aliphatic heterocycles. The lowest BCUT2D eigenvalue weighted by Gasteiger charge is -2.25. The standard InChI is InChI=1S/C30H35N3O4S/c1-22-12-16-26(17-13-22)38(36,37)33(25-15-14-23(2)24(3)20-25)21-29(34)31-28-11-7-6-10-27(28)30(35)32-18-8-4-5-9-19-32/h6-7,10-17,20H,4-5,8-9,18-19,21H2,1-3H3,(H,31,34). The molecule has 0 spiro atoms. The maximum Gasteiger partial charge on any atom is 0.264 e. The molecule has 0 atom stereocenters. The van der Waals surface area contributed by atoms with Crippen LogP contribution in [0, 0.1) is 20.8 Å². The molecule has 8 heteroatoms. The predicted molar refractivity (Wildman–Crippen MR) is 151 cm³/mol. The van der Waals surface area contributed by atoms with Crippen molar-refractivity contribution in [1.82, 2.24) is 4.90 Å². The van der Waals surface area contributed by atoms with E-state index in [-0.39, 0.29) is 10.8 Å². The van der Waals surface area contributed by atoms with E-state index in [1.165, 1.54) is 0 Å². The van der Waals surface area contributed by atoms with Gasteiger partial charge in [-0.05, 0) is 81.1 Å². The van der Waals surface area contributed by atoms with Crippen molar-refractivity contribution >= 4 is 33.2 Å². The summed E-state index contributed by atoms with van der Waals surface area (Å²) in [7, 11) is -4.04. The zero-order chi connectivity index (χ0) is 27.3.